The van der Waals surface area contributed by atoms with Crippen LogP contribution < -0.4 is 0 Å². The quantitative estimate of drug-likeness (QED) is 0.746. The zero-order valence-electron chi connectivity index (χ0n) is 13.0. The monoisotopic (exact) mass is 326 g/mol. The van der Waals surface area contributed by atoms with Crippen LogP contribution in [0.3, 0.4) is 0 Å². The average Bonchev–Trinajstić information content (AvgIpc) is 2.97. The van der Waals surface area contributed by atoms with E-state index in [0.29, 0.717) is 26.3 Å². The minimum atomic E-state index is -0.981. The summed E-state index contributed by atoms with van der Waals surface area (Å²) >= 11 is 0. The van der Waals surface area contributed by atoms with Crippen LogP contribution in [0.4, 0.5) is 0 Å². The first-order valence-electron chi connectivity index (χ1n) is 8.06. The molecule has 0 radical (unpaired) electrons. The van der Waals surface area contributed by atoms with Gasteiger partial charge in [0.1, 0.15) is 6.61 Å². The zero-order valence-corrected chi connectivity index (χ0v) is 13.0. The van der Waals surface area contributed by atoms with Gasteiger partial charge >= 0.3 is 5.97 Å². The zero-order chi connectivity index (χ0) is 16.4. The van der Waals surface area contributed by atoms with Crippen molar-refractivity contribution < 1.29 is 29.0 Å². The van der Waals surface area contributed by atoms with Crippen molar-refractivity contribution in [1.29, 1.82) is 0 Å². The van der Waals surface area contributed by atoms with Gasteiger partial charge in [-0.2, -0.15) is 0 Å². The van der Waals surface area contributed by atoms with Gasteiger partial charge in [-0.3, -0.25) is 14.4 Å². The Morgan fingerprint density at radius 3 is 2.61 bits per heavy atom. The summed E-state index contributed by atoms with van der Waals surface area (Å²) in [7, 11) is 0. The molecular formula is C15H22N2O6. The van der Waals surface area contributed by atoms with Gasteiger partial charge in [0.25, 0.3) is 0 Å². The third-order valence-electron chi connectivity index (χ3n) is 4.79. The van der Waals surface area contributed by atoms with Crippen LogP contribution >= 0.6 is 0 Å². The third kappa shape index (κ3) is 3.48. The van der Waals surface area contributed by atoms with Crippen molar-refractivity contribution in [2.75, 3.05) is 32.9 Å². The SMILES string of the molecule is O=C(O)CCC(=O)N1C[C@@H]2OCC(=O)N(C3CCOCC3)[C@H]2C1. The van der Waals surface area contributed by atoms with Gasteiger partial charge in [0, 0.05) is 38.8 Å². The number of likely N-dealkylation sites (tertiary alicyclic amines) is 1. The number of rotatable bonds is 4. The van der Waals surface area contributed by atoms with Crippen molar-refractivity contribution in [2.45, 2.75) is 43.9 Å². The van der Waals surface area contributed by atoms with Crippen LogP contribution in [0.2, 0.25) is 0 Å². The Balaban J connectivity index is 1.66. The van der Waals surface area contributed by atoms with E-state index in [4.69, 9.17) is 14.6 Å². The summed E-state index contributed by atoms with van der Waals surface area (Å²) in [6.45, 7) is 2.19. The molecule has 2 atom stereocenters. The lowest BCUT2D eigenvalue weighted by Crippen LogP contribution is -2.58. The maximum absolute atomic E-state index is 12.3. The first-order valence-corrected chi connectivity index (χ1v) is 8.06. The minimum absolute atomic E-state index is 0.0139. The number of carbonyl (C=O) groups excluding carboxylic acids is 2. The number of carboxylic acid groups (broad SMARTS) is 1. The van der Waals surface area contributed by atoms with Gasteiger partial charge in [-0.1, -0.05) is 0 Å². The van der Waals surface area contributed by atoms with Crippen molar-refractivity contribution in [3.8, 4) is 0 Å². The highest BCUT2D eigenvalue weighted by molar-refractivity contribution is 5.82. The highest BCUT2D eigenvalue weighted by Crippen LogP contribution is 2.29. The van der Waals surface area contributed by atoms with E-state index in [1.54, 1.807) is 4.90 Å². The Labute approximate surface area is 134 Å². The Bertz CT molecular complexity index is 490. The third-order valence-corrected chi connectivity index (χ3v) is 4.79. The summed E-state index contributed by atoms with van der Waals surface area (Å²) in [5, 5.41) is 8.70. The predicted molar refractivity (Wildman–Crippen MR) is 77.7 cm³/mol. The Morgan fingerprint density at radius 1 is 1.17 bits per heavy atom. The van der Waals surface area contributed by atoms with Crippen molar-refractivity contribution in [3.63, 3.8) is 0 Å². The summed E-state index contributed by atoms with van der Waals surface area (Å²) < 4.78 is 11.0. The standard InChI is InChI=1S/C15H22N2O6/c18-13(1-2-15(20)21)16-7-11-12(8-16)23-9-14(19)17(11)10-3-5-22-6-4-10/h10-12H,1-9H2,(H,20,21)/t11-,12-/m0/s1. The molecule has 3 rings (SSSR count). The molecule has 0 unspecified atom stereocenters. The van der Waals surface area contributed by atoms with Crippen molar-refractivity contribution in [2.24, 2.45) is 0 Å². The van der Waals surface area contributed by atoms with E-state index in [9.17, 15) is 14.4 Å². The highest BCUT2D eigenvalue weighted by atomic mass is 16.5. The minimum Gasteiger partial charge on any atom is -0.481 e. The number of carboxylic acids is 1. The van der Waals surface area contributed by atoms with Crippen molar-refractivity contribution in [1.82, 2.24) is 9.80 Å². The molecule has 0 aromatic rings. The Morgan fingerprint density at radius 2 is 1.91 bits per heavy atom. The number of amides is 2. The van der Waals surface area contributed by atoms with Crippen LogP contribution in [0.25, 0.3) is 0 Å². The molecule has 128 valence electrons. The maximum atomic E-state index is 12.3. The van der Waals surface area contributed by atoms with E-state index in [0.717, 1.165) is 12.8 Å². The van der Waals surface area contributed by atoms with Gasteiger partial charge in [-0.15, -0.1) is 0 Å². The number of aliphatic carboxylic acids is 1. The molecule has 3 saturated heterocycles. The van der Waals surface area contributed by atoms with Gasteiger partial charge in [0.05, 0.1) is 18.6 Å². The summed E-state index contributed by atoms with van der Waals surface area (Å²) in [5.74, 6) is -1.20. The molecular weight excluding hydrogens is 304 g/mol. The van der Waals surface area contributed by atoms with Gasteiger partial charge < -0.3 is 24.4 Å². The van der Waals surface area contributed by atoms with Crippen molar-refractivity contribution in [3.05, 3.63) is 0 Å². The molecule has 2 amide bonds. The van der Waals surface area contributed by atoms with Crippen LogP contribution in [0, 0.1) is 0 Å². The van der Waals surface area contributed by atoms with Crippen LogP contribution in [0.5, 0.6) is 0 Å². The predicted octanol–water partition coefficient (Wildman–Crippen LogP) is -0.532. The first-order chi connectivity index (χ1) is 11.1. The second-order valence-corrected chi connectivity index (χ2v) is 6.25. The second kappa shape index (κ2) is 6.84. The fourth-order valence-electron chi connectivity index (χ4n) is 3.64. The number of hydrogen-bond acceptors (Lipinski definition) is 5. The molecule has 0 aromatic carbocycles. The molecule has 23 heavy (non-hydrogen) atoms. The molecule has 8 nitrogen and oxygen atoms in total. The number of ether oxygens (including phenoxy) is 2. The lowest BCUT2D eigenvalue weighted by Gasteiger charge is -2.43. The first kappa shape index (κ1) is 16.2. The lowest BCUT2D eigenvalue weighted by molar-refractivity contribution is -0.159. The van der Waals surface area contributed by atoms with Crippen LogP contribution in [-0.4, -0.2) is 83.8 Å². The summed E-state index contributed by atoms with van der Waals surface area (Å²) in [6.07, 6.45) is 1.25. The van der Waals surface area contributed by atoms with E-state index >= 15 is 0 Å². The number of nitrogens with zero attached hydrogens (tertiary/aromatic N) is 2. The van der Waals surface area contributed by atoms with E-state index in [2.05, 4.69) is 0 Å². The van der Waals surface area contributed by atoms with E-state index < -0.39 is 5.97 Å². The summed E-state index contributed by atoms with van der Waals surface area (Å²) in [5.41, 5.74) is 0. The Hall–Kier alpha value is -1.67. The Kier molecular flexibility index (Phi) is 4.82. The normalized spacial score (nSPS) is 28.8. The lowest BCUT2D eigenvalue weighted by atomic mass is 10.0. The molecule has 8 heteroatoms. The topological polar surface area (TPSA) is 96.4 Å². The van der Waals surface area contributed by atoms with Gasteiger partial charge in [0.15, 0.2) is 0 Å². The molecule has 3 heterocycles. The summed E-state index contributed by atoms with van der Waals surface area (Å²) in [6, 6.07) is 0.00912. The molecule has 0 spiro atoms. The van der Waals surface area contributed by atoms with Gasteiger partial charge in [-0.25, -0.2) is 0 Å². The average molecular weight is 326 g/mol. The molecule has 0 saturated carbocycles. The smallest absolute Gasteiger partial charge is 0.303 e. The van der Waals surface area contributed by atoms with E-state index in [1.165, 1.54) is 0 Å². The molecule has 3 aliphatic rings. The van der Waals surface area contributed by atoms with Crippen LogP contribution in [0.15, 0.2) is 0 Å². The molecule has 3 fully saturated rings. The fourth-order valence-corrected chi connectivity index (χ4v) is 3.64. The second-order valence-electron chi connectivity index (χ2n) is 6.25. The number of fused-ring (bicyclic) bond motifs is 1. The van der Waals surface area contributed by atoms with Crippen LogP contribution in [0.1, 0.15) is 25.7 Å². The van der Waals surface area contributed by atoms with E-state index in [1.807, 2.05) is 4.90 Å². The van der Waals surface area contributed by atoms with Gasteiger partial charge in [0.2, 0.25) is 11.8 Å². The molecule has 3 aliphatic heterocycles. The molecule has 0 aliphatic carbocycles. The molecule has 0 bridgehead atoms. The number of hydrogen-bond donors (Lipinski definition) is 1. The fraction of sp³-hybridized carbons (Fsp3) is 0.800. The number of morpholine rings is 1. The van der Waals surface area contributed by atoms with Crippen molar-refractivity contribution >= 4 is 17.8 Å². The van der Waals surface area contributed by atoms with E-state index in [-0.39, 0.29) is 49.5 Å². The maximum Gasteiger partial charge on any atom is 0.303 e. The molecule has 1 N–H and O–H groups in total. The molecule has 0 aromatic heterocycles. The summed E-state index contributed by atoms with van der Waals surface area (Å²) in [4.78, 5) is 38.6. The van der Waals surface area contributed by atoms with Gasteiger partial charge in [-0.05, 0) is 12.8 Å². The highest BCUT2D eigenvalue weighted by Gasteiger charge is 2.46. The number of carbonyl (C=O) groups is 3. The van der Waals surface area contributed by atoms with Crippen LogP contribution in [-0.2, 0) is 23.9 Å². The largest absolute Gasteiger partial charge is 0.481 e.